The summed E-state index contributed by atoms with van der Waals surface area (Å²) in [4.78, 5) is 12.5. The summed E-state index contributed by atoms with van der Waals surface area (Å²) in [5.74, 6) is 0. The van der Waals surface area contributed by atoms with Gasteiger partial charge in [-0.2, -0.15) is 0 Å². The average Bonchev–Trinajstić information content (AvgIpc) is 3.23. The van der Waals surface area contributed by atoms with Crippen molar-refractivity contribution < 1.29 is 0 Å². The molecule has 3 rings (SSSR count). The van der Waals surface area contributed by atoms with Gasteiger partial charge in [0, 0.05) is 17.6 Å². The highest BCUT2D eigenvalue weighted by atomic mass is 16.1. The molecule has 2 heteroatoms. The Kier molecular flexibility index (Phi) is 2.77. The van der Waals surface area contributed by atoms with Crippen molar-refractivity contribution in [3.8, 4) is 0 Å². The topological polar surface area (TPSA) is 22.0 Å². The summed E-state index contributed by atoms with van der Waals surface area (Å²) in [6, 6.07) is 8.47. The molecular weight excluding hydrogens is 234 g/mol. The third-order valence-corrected chi connectivity index (χ3v) is 4.50. The molecule has 1 saturated carbocycles. The van der Waals surface area contributed by atoms with Crippen molar-refractivity contribution in [3.05, 3.63) is 46.4 Å². The number of benzene rings is 1. The van der Waals surface area contributed by atoms with Gasteiger partial charge in [0.2, 0.25) is 0 Å². The number of aromatic nitrogens is 1. The molecule has 0 radical (unpaired) electrons. The lowest BCUT2D eigenvalue weighted by Crippen LogP contribution is -2.25. The van der Waals surface area contributed by atoms with Gasteiger partial charge in [-0.3, -0.25) is 4.79 Å². The summed E-state index contributed by atoms with van der Waals surface area (Å²) < 4.78 is 1.97. The van der Waals surface area contributed by atoms with Crippen LogP contribution >= 0.6 is 0 Å². The van der Waals surface area contributed by atoms with Crippen LogP contribution in [-0.4, -0.2) is 4.57 Å². The Morgan fingerprint density at radius 2 is 1.84 bits per heavy atom. The van der Waals surface area contributed by atoms with E-state index in [1.165, 1.54) is 5.56 Å². The molecule has 2 aromatic rings. The minimum Gasteiger partial charge on any atom is -0.312 e. The van der Waals surface area contributed by atoms with E-state index in [1.54, 1.807) is 0 Å². The van der Waals surface area contributed by atoms with Gasteiger partial charge in [0.15, 0.2) is 0 Å². The second-order valence-corrected chi connectivity index (χ2v) is 6.27. The fourth-order valence-corrected chi connectivity index (χ4v) is 2.66. The fraction of sp³-hybridized carbons (Fsp3) is 0.471. The molecule has 100 valence electrons. The zero-order valence-electron chi connectivity index (χ0n) is 11.9. The molecular formula is C17H21NO. The van der Waals surface area contributed by atoms with Gasteiger partial charge in [-0.05, 0) is 41.7 Å². The average molecular weight is 255 g/mol. The van der Waals surface area contributed by atoms with Gasteiger partial charge in [-0.15, -0.1) is 0 Å². The Bertz CT molecular complexity index is 677. The van der Waals surface area contributed by atoms with Crippen LogP contribution in [0.2, 0.25) is 0 Å². The Labute approximate surface area is 114 Å². The van der Waals surface area contributed by atoms with Crippen LogP contribution in [0.25, 0.3) is 10.8 Å². The largest absolute Gasteiger partial charge is 0.312 e. The van der Waals surface area contributed by atoms with E-state index in [2.05, 4.69) is 33.0 Å². The van der Waals surface area contributed by atoms with Crippen LogP contribution in [0.15, 0.2) is 35.3 Å². The molecule has 0 spiro atoms. The maximum atomic E-state index is 12.5. The molecule has 1 aliphatic carbocycles. The van der Waals surface area contributed by atoms with Gasteiger partial charge >= 0.3 is 0 Å². The summed E-state index contributed by atoms with van der Waals surface area (Å²) in [6.45, 7) is 6.73. The van der Waals surface area contributed by atoms with Crippen molar-refractivity contribution >= 4 is 10.8 Å². The SMILES string of the molecule is CCC(C)(C)c1cn(C2CC2)c(=O)c2ccccc12. The van der Waals surface area contributed by atoms with Crippen LogP contribution in [0.1, 0.15) is 51.6 Å². The van der Waals surface area contributed by atoms with Crippen molar-refractivity contribution in [2.75, 3.05) is 0 Å². The molecule has 1 aliphatic rings. The van der Waals surface area contributed by atoms with E-state index in [0.717, 1.165) is 30.0 Å². The van der Waals surface area contributed by atoms with Crippen molar-refractivity contribution in [2.45, 2.75) is 51.5 Å². The van der Waals surface area contributed by atoms with Gasteiger partial charge in [0.25, 0.3) is 5.56 Å². The predicted octanol–water partition coefficient (Wildman–Crippen LogP) is 4.02. The summed E-state index contributed by atoms with van der Waals surface area (Å²) >= 11 is 0. The Morgan fingerprint density at radius 3 is 2.42 bits per heavy atom. The first-order chi connectivity index (χ1) is 9.04. The summed E-state index contributed by atoms with van der Waals surface area (Å²) in [5, 5.41) is 1.99. The van der Waals surface area contributed by atoms with E-state index >= 15 is 0 Å². The van der Waals surface area contributed by atoms with Crippen molar-refractivity contribution in [1.29, 1.82) is 0 Å². The lowest BCUT2D eigenvalue weighted by atomic mass is 9.81. The maximum absolute atomic E-state index is 12.5. The quantitative estimate of drug-likeness (QED) is 0.811. The molecule has 0 N–H and O–H groups in total. The Balaban J connectivity index is 2.37. The fourth-order valence-electron chi connectivity index (χ4n) is 2.66. The molecule has 1 fully saturated rings. The molecule has 0 saturated heterocycles. The van der Waals surface area contributed by atoms with Crippen LogP contribution < -0.4 is 5.56 Å². The minimum absolute atomic E-state index is 0.101. The van der Waals surface area contributed by atoms with Gasteiger partial charge in [-0.1, -0.05) is 39.0 Å². The number of hydrogen-bond donors (Lipinski definition) is 0. The van der Waals surface area contributed by atoms with Crippen molar-refractivity contribution in [1.82, 2.24) is 4.57 Å². The van der Waals surface area contributed by atoms with Gasteiger partial charge < -0.3 is 4.57 Å². The highest BCUT2D eigenvalue weighted by molar-refractivity contribution is 5.85. The zero-order valence-corrected chi connectivity index (χ0v) is 11.9. The molecule has 1 aromatic carbocycles. The third-order valence-electron chi connectivity index (χ3n) is 4.50. The molecule has 0 bridgehead atoms. The van der Waals surface area contributed by atoms with Gasteiger partial charge in [-0.25, -0.2) is 0 Å². The molecule has 19 heavy (non-hydrogen) atoms. The number of hydrogen-bond acceptors (Lipinski definition) is 1. The Hall–Kier alpha value is -1.57. The molecule has 2 nitrogen and oxygen atoms in total. The summed E-state index contributed by atoms with van der Waals surface area (Å²) in [7, 11) is 0. The highest BCUT2D eigenvalue weighted by Gasteiger charge is 2.28. The van der Waals surface area contributed by atoms with Crippen molar-refractivity contribution in [3.63, 3.8) is 0 Å². The molecule has 0 aliphatic heterocycles. The van der Waals surface area contributed by atoms with E-state index in [-0.39, 0.29) is 11.0 Å². The van der Waals surface area contributed by atoms with E-state index in [0.29, 0.717) is 6.04 Å². The molecule has 0 atom stereocenters. The van der Waals surface area contributed by atoms with Crippen LogP contribution in [-0.2, 0) is 5.41 Å². The van der Waals surface area contributed by atoms with E-state index in [1.807, 2.05) is 22.8 Å². The molecule has 0 amide bonds. The molecule has 1 aromatic heterocycles. The van der Waals surface area contributed by atoms with E-state index < -0.39 is 0 Å². The summed E-state index contributed by atoms with van der Waals surface area (Å²) in [6.07, 6.45) is 5.47. The smallest absolute Gasteiger partial charge is 0.258 e. The summed E-state index contributed by atoms with van der Waals surface area (Å²) in [5.41, 5.74) is 1.58. The van der Waals surface area contributed by atoms with Crippen LogP contribution in [0.5, 0.6) is 0 Å². The monoisotopic (exact) mass is 255 g/mol. The molecule has 0 unspecified atom stereocenters. The number of nitrogens with zero attached hydrogens (tertiary/aromatic N) is 1. The lowest BCUT2D eigenvalue weighted by Gasteiger charge is -2.26. The lowest BCUT2D eigenvalue weighted by molar-refractivity contribution is 0.503. The first-order valence-electron chi connectivity index (χ1n) is 7.19. The van der Waals surface area contributed by atoms with Gasteiger partial charge in [0.05, 0.1) is 0 Å². The van der Waals surface area contributed by atoms with Crippen LogP contribution in [0.4, 0.5) is 0 Å². The number of pyridine rings is 1. The minimum atomic E-state index is 0.101. The highest BCUT2D eigenvalue weighted by Crippen LogP contribution is 2.37. The number of fused-ring (bicyclic) bond motifs is 1. The second-order valence-electron chi connectivity index (χ2n) is 6.27. The molecule has 1 heterocycles. The van der Waals surface area contributed by atoms with Crippen LogP contribution in [0, 0.1) is 0 Å². The number of rotatable bonds is 3. The standard InChI is InChI=1S/C17H21NO/c1-4-17(2,3)15-11-18(12-9-10-12)16(19)14-8-6-5-7-13(14)15/h5-8,11-12H,4,9-10H2,1-3H3. The second kappa shape index (κ2) is 4.22. The predicted molar refractivity (Wildman–Crippen MR) is 79.8 cm³/mol. The Morgan fingerprint density at radius 1 is 1.21 bits per heavy atom. The zero-order chi connectivity index (χ0) is 13.6. The maximum Gasteiger partial charge on any atom is 0.258 e. The van der Waals surface area contributed by atoms with E-state index in [4.69, 9.17) is 0 Å². The first-order valence-corrected chi connectivity index (χ1v) is 7.19. The van der Waals surface area contributed by atoms with Crippen LogP contribution in [0.3, 0.4) is 0 Å². The normalized spacial score (nSPS) is 15.9. The third kappa shape index (κ3) is 1.99. The van der Waals surface area contributed by atoms with Gasteiger partial charge in [0.1, 0.15) is 0 Å². The van der Waals surface area contributed by atoms with Crippen molar-refractivity contribution in [2.24, 2.45) is 0 Å². The first kappa shape index (κ1) is 12.5. The van der Waals surface area contributed by atoms with E-state index in [9.17, 15) is 4.79 Å².